The summed E-state index contributed by atoms with van der Waals surface area (Å²) in [6, 6.07) is 7.56. The Balaban J connectivity index is 0.000000168. The molecule has 37 heavy (non-hydrogen) atoms. The molecule has 0 radical (unpaired) electrons. The van der Waals surface area contributed by atoms with E-state index >= 15 is 0 Å². The minimum atomic E-state index is -0.492. The summed E-state index contributed by atoms with van der Waals surface area (Å²) in [6.45, 7) is 2.17. The number of aromatic nitrogens is 5. The van der Waals surface area contributed by atoms with Gasteiger partial charge in [-0.05, 0) is 18.2 Å². The first-order chi connectivity index (χ1) is 17.3. The van der Waals surface area contributed by atoms with Gasteiger partial charge in [0.05, 0.1) is 16.4 Å². The number of hydrogen-bond acceptors (Lipinski definition) is 8. The summed E-state index contributed by atoms with van der Waals surface area (Å²) in [6.07, 6.45) is 4.48. The molecule has 3 aromatic heterocycles. The number of carbonyl (C=O) groups excluding carboxylic acids is 1. The second kappa shape index (κ2) is 11.8. The quantitative estimate of drug-likeness (QED) is 0.228. The Labute approximate surface area is 264 Å². The Hall–Kier alpha value is -2.00. The number of halogens is 2. The minimum absolute atomic E-state index is 0. The van der Waals surface area contributed by atoms with Crippen LogP contribution in [0.3, 0.4) is 0 Å². The Morgan fingerprint density at radius 3 is 2.70 bits per heavy atom. The van der Waals surface area contributed by atoms with Gasteiger partial charge in [-0.1, -0.05) is 30.2 Å². The van der Waals surface area contributed by atoms with E-state index in [0.29, 0.717) is 24.3 Å². The van der Waals surface area contributed by atoms with Crippen LogP contribution in [-0.4, -0.2) is 54.9 Å². The third-order valence-corrected chi connectivity index (χ3v) is 6.63. The molecule has 14 heteroatoms. The standard InChI is InChI=1S/C12H7ClFN3O.C11H15N5OS.K/c13-8-5-6-17-11(8)12(18)16(7-15-17)10-4-2-1-3-9(10)14;12-11-14-7-1-3-13-10(17)8(7)9(15-11)16-4-2-6(18)5-16;/h1-7H;6,18H,1-5H2,(H,13,17)(H2,12,14,15);/q;;+1/p-1. The molecule has 4 aromatic rings. The Kier molecular flexibility index (Phi) is 8.94. The van der Waals surface area contributed by atoms with Gasteiger partial charge in [-0.15, -0.1) is 5.25 Å². The maximum atomic E-state index is 13.7. The molecule has 0 bridgehead atoms. The largest absolute Gasteiger partial charge is 1.00 e. The van der Waals surface area contributed by atoms with Crippen molar-refractivity contribution in [3.8, 4) is 5.69 Å². The molecule has 0 spiro atoms. The summed E-state index contributed by atoms with van der Waals surface area (Å²) in [5, 5.41) is 7.33. The zero-order chi connectivity index (χ0) is 25.4. The molecule has 1 amide bonds. The SMILES string of the molecule is Nc1nc2c(c(N3CCC([S-])C3)n1)C(=O)NCC2.O=c1c2c(Cl)ccn2ncn1-c1ccccc1F.[K+]. The van der Waals surface area contributed by atoms with Gasteiger partial charge in [0.25, 0.3) is 11.5 Å². The van der Waals surface area contributed by atoms with Crippen molar-refractivity contribution in [1.29, 1.82) is 0 Å². The van der Waals surface area contributed by atoms with Crippen molar-refractivity contribution in [1.82, 2.24) is 29.5 Å². The van der Waals surface area contributed by atoms with Crippen LogP contribution in [0.25, 0.3) is 11.2 Å². The van der Waals surface area contributed by atoms with Crippen molar-refractivity contribution in [2.45, 2.75) is 18.1 Å². The van der Waals surface area contributed by atoms with Crippen LogP contribution in [-0.2, 0) is 19.0 Å². The van der Waals surface area contributed by atoms with Crippen LogP contribution in [0.15, 0.2) is 47.7 Å². The van der Waals surface area contributed by atoms with Crippen LogP contribution in [0, 0.1) is 5.82 Å². The number of anilines is 2. The fourth-order valence-electron chi connectivity index (χ4n) is 4.25. The zero-order valence-corrected chi connectivity index (χ0v) is 24.6. The Morgan fingerprint density at radius 2 is 1.97 bits per heavy atom. The average molecular weight is 567 g/mol. The molecule has 2 aliphatic heterocycles. The summed E-state index contributed by atoms with van der Waals surface area (Å²) < 4.78 is 16.2. The molecule has 10 nitrogen and oxygen atoms in total. The number of nitrogen functional groups attached to an aromatic ring is 1. The molecule has 0 saturated carbocycles. The number of para-hydroxylation sites is 1. The summed E-state index contributed by atoms with van der Waals surface area (Å²) in [7, 11) is 0. The first-order valence-electron chi connectivity index (χ1n) is 11.2. The maximum absolute atomic E-state index is 13.7. The van der Waals surface area contributed by atoms with E-state index in [2.05, 4.69) is 20.4 Å². The van der Waals surface area contributed by atoms with Gasteiger partial charge < -0.3 is 28.6 Å². The molecule has 0 aliphatic carbocycles. The third kappa shape index (κ3) is 5.72. The molecular weight excluding hydrogens is 546 g/mol. The van der Waals surface area contributed by atoms with Gasteiger partial charge in [-0.3, -0.25) is 14.2 Å². The fraction of sp³-hybridized carbons (Fsp3) is 0.261. The van der Waals surface area contributed by atoms with E-state index in [1.807, 2.05) is 4.90 Å². The molecule has 1 saturated heterocycles. The smallest absolute Gasteiger partial charge is 0.787 e. The number of benzene rings is 1. The first kappa shape index (κ1) is 28.0. The molecule has 1 aromatic carbocycles. The number of fused-ring (bicyclic) bond motifs is 2. The number of hydrogen-bond donors (Lipinski definition) is 2. The molecule has 1 unspecified atom stereocenters. The second-order valence-electron chi connectivity index (χ2n) is 8.30. The van der Waals surface area contributed by atoms with Crippen LogP contribution < -0.4 is 72.9 Å². The van der Waals surface area contributed by atoms with Gasteiger partial charge in [0.1, 0.15) is 29.0 Å². The predicted octanol–water partition coefficient (Wildman–Crippen LogP) is -1.25. The zero-order valence-electron chi connectivity index (χ0n) is 19.9. The molecule has 1 fully saturated rings. The van der Waals surface area contributed by atoms with Crippen LogP contribution in [0.1, 0.15) is 22.5 Å². The van der Waals surface area contributed by atoms with Crippen molar-refractivity contribution in [3.05, 3.63) is 75.3 Å². The number of nitrogens with two attached hydrogens (primary N) is 1. The van der Waals surface area contributed by atoms with E-state index in [1.165, 1.54) is 23.0 Å². The van der Waals surface area contributed by atoms with Crippen molar-refractivity contribution < 1.29 is 60.6 Å². The molecule has 3 N–H and O–H groups in total. The van der Waals surface area contributed by atoms with Gasteiger partial charge in [-0.2, -0.15) is 10.1 Å². The maximum Gasteiger partial charge on any atom is 1.00 e. The first-order valence-corrected chi connectivity index (χ1v) is 12.0. The van der Waals surface area contributed by atoms with E-state index in [0.717, 1.165) is 29.8 Å². The van der Waals surface area contributed by atoms with Crippen molar-refractivity contribution in [2.24, 2.45) is 0 Å². The number of carbonyl (C=O) groups is 1. The van der Waals surface area contributed by atoms with Gasteiger partial charge >= 0.3 is 51.4 Å². The number of amides is 1. The molecule has 2 aliphatic rings. The van der Waals surface area contributed by atoms with Crippen LogP contribution >= 0.6 is 11.6 Å². The fourth-order valence-corrected chi connectivity index (χ4v) is 4.76. The summed E-state index contributed by atoms with van der Waals surface area (Å²) in [5.74, 6) is 0.265. The van der Waals surface area contributed by atoms with E-state index in [1.54, 1.807) is 24.4 Å². The van der Waals surface area contributed by atoms with Crippen molar-refractivity contribution >= 4 is 47.4 Å². The normalized spacial score (nSPS) is 16.5. The number of nitrogens with zero attached hydrogens (tertiary/aromatic N) is 6. The summed E-state index contributed by atoms with van der Waals surface area (Å²) in [5.41, 5.74) is 7.00. The Bertz CT molecular complexity index is 1530. The second-order valence-corrected chi connectivity index (χ2v) is 9.38. The van der Waals surface area contributed by atoms with Gasteiger partial charge in [0.15, 0.2) is 0 Å². The van der Waals surface area contributed by atoms with Gasteiger partial charge in [0, 0.05) is 32.3 Å². The molecule has 186 valence electrons. The topological polar surface area (TPSA) is 123 Å². The minimum Gasteiger partial charge on any atom is -0.787 e. The molecule has 5 heterocycles. The molecular formula is C23H21ClFKN8O2S. The predicted molar refractivity (Wildman–Crippen MR) is 136 cm³/mol. The number of rotatable bonds is 2. The van der Waals surface area contributed by atoms with Gasteiger partial charge in [-0.25, -0.2) is 13.9 Å². The molecule has 1 atom stereocenters. The average Bonchev–Trinajstić information content (AvgIpc) is 3.46. The Morgan fingerprint density at radius 1 is 1.19 bits per heavy atom. The summed E-state index contributed by atoms with van der Waals surface area (Å²) >= 11 is 11.2. The van der Waals surface area contributed by atoms with Crippen molar-refractivity contribution in [3.63, 3.8) is 0 Å². The van der Waals surface area contributed by atoms with Crippen LogP contribution in [0.4, 0.5) is 16.2 Å². The monoisotopic (exact) mass is 566 g/mol. The van der Waals surface area contributed by atoms with E-state index in [-0.39, 0.29) is 84.7 Å². The van der Waals surface area contributed by atoms with Crippen LogP contribution in [0.5, 0.6) is 0 Å². The van der Waals surface area contributed by atoms with Crippen molar-refractivity contribution in [2.75, 3.05) is 30.3 Å². The van der Waals surface area contributed by atoms with Gasteiger partial charge in [0.2, 0.25) is 5.95 Å². The van der Waals surface area contributed by atoms with Crippen LogP contribution in [0.2, 0.25) is 5.02 Å². The van der Waals surface area contributed by atoms with E-state index in [4.69, 9.17) is 30.0 Å². The third-order valence-electron chi connectivity index (χ3n) is 5.94. The van der Waals surface area contributed by atoms with E-state index in [9.17, 15) is 14.0 Å². The van der Waals surface area contributed by atoms with E-state index < -0.39 is 11.4 Å². The summed E-state index contributed by atoms with van der Waals surface area (Å²) in [4.78, 5) is 34.6. The molecule has 6 rings (SSSR count). The number of nitrogens with one attached hydrogen (secondary N) is 1.